The number of carbonyl (C=O) groups excluding carboxylic acids is 1. The number of imidazole rings is 1. The van der Waals surface area contributed by atoms with Crippen molar-refractivity contribution in [1.29, 1.82) is 0 Å². The predicted molar refractivity (Wildman–Crippen MR) is 107 cm³/mol. The first-order chi connectivity index (χ1) is 14.1. The number of nitrogens with zero attached hydrogens (tertiary/aromatic N) is 4. The topological polar surface area (TPSA) is 64.7 Å². The van der Waals surface area contributed by atoms with E-state index in [1.54, 1.807) is 42.9 Å². The maximum Gasteiger partial charge on any atom is 0.252 e. The Morgan fingerprint density at radius 2 is 1.93 bits per heavy atom. The molecule has 0 saturated carbocycles. The van der Waals surface area contributed by atoms with Crippen LogP contribution in [0.4, 0.5) is 4.39 Å². The molecule has 0 radical (unpaired) electrons. The van der Waals surface area contributed by atoms with Crippen LogP contribution in [0, 0.1) is 5.82 Å². The zero-order valence-electron chi connectivity index (χ0n) is 15.9. The highest BCUT2D eigenvalue weighted by molar-refractivity contribution is 5.94. The van der Waals surface area contributed by atoms with Gasteiger partial charge in [-0.15, -0.1) is 0 Å². The highest BCUT2D eigenvalue weighted by Crippen LogP contribution is 2.22. The monoisotopic (exact) mass is 389 g/mol. The summed E-state index contributed by atoms with van der Waals surface area (Å²) in [5.41, 5.74) is 2.18. The van der Waals surface area contributed by atoms with Crippen molar-refractivity contribution in [3.05, 3.63) is 108 Å². The lowest BCUT2D eigenvalue weighted by Crippen LogP contribution is -2.31. The SMILES string of the molecule is Cn1ccnc1C(NC(=O)c1ccc(Cn2cccn2)cc1)c1cccc(F)c1. The van der Waals surface area contributed by atoms with E-state index in [2.05, 4.69) is 15.4 Å². The fourth-order valence-electron chi connectivity index (χ4n) is 3.20. The normalized spacial score (nSPS) is 11.9. The van der Waals surface area contributed by atoms with Crippen LogP contribution in [-0.4, -0.2) is 25.2 Å². The molecule has 0 aliphatic carbocycles. The number of nitrogens with one attached hydrogen (secondary N) is 1. The third-order valence-corrected chi connectivity index (χ3v) is 4.69. The standard InChI is InChI=1S/C22H20FN5O/c1-27-13-11-24-21(27)20(18-4-2-5-19(23)14-18)26-22(29)17-8-6-16(7-9-17)15-28-12-3-10-25-28/h2-14,20H,15H2,1H3,(H,26,29). The minimum absolute atomic E-state index is 0.257. The molecule has 29 heavy (non-hydrogen) atoms. The van der Waals surface area contributed by atoms with Gasteiger partial charge in [0.15, 0.2) is 0 Å². The summed E-state index contributed by atoms with van der Waals surface area (Å²) in [5.74, 6) is 0.00563. The van der Waals surface area contributed by atoms with E-state index >= 15 is 0 Å². The molecule has 146 valence electrons. The number of amides is 1. The minimum atomic E-state index is -0.568. The van der Waals surface area contributed by atoms with Crippen molar-refractivity contribution in [3.8, 4) is 0 Å². The van der Waals surface area contributed by atoms with Crippen molar-refractivity contribution in [1.82, 2.24) is 24.6 Å². The van der Waals surface area contributed by atoms with Crippen LogP contribution in [0.25, 0.3) is 0 Å². The predicted octanol–water partition coefficient (Wildman–Crippen LogP) is 3.32. The molecule has 0 aliphatic heterocycles. The van der Waals surface area contributed by atoms with Gasteiger partial charge in [-0.2, -0.15) is 5.10 Å². The lowest BCUT2D eigenvalue weighted by atomic mass is 10.0. The third kappa shape index (κ3) is 4.24. The molecule has 4 rings (SSSR count). The van der Waals surface area contributed by atoms with Crippen molar-refractivity contribution < 1.29 is 9.18 Å². The van der Waals surface area contributed by atoms with E-state index in [0.717, 1.165) is 5.56 Å². The third-order valence-electron chi connectivity index (χ3n) is 4.69. The molecular weight excluding hydrogens is 369 g/mol. The first-order valence-corrected chi connectivity index (χ1v) is 9.20. The highest BCUT2D eigenvalue weighted by atomic mass is 19.1. The Bertz CT molecular complexity index is 1100. The van der Waals surface area contributed by atoms with Gasteiger partial charge in [0.2, 0.25) is 0 Å². The first-order valence-electron chi connectivity index (χ1n) is 9.20. The molecule has 0 saturated heterocycles. The molecule has 2 heterocycles. The quantitative estimate of drug-likeness (QED) is 0.550. The smallest absolute Gasteiger partial charge is 0.252 e. The van der Waals surface area contributed by atoms with Crippen LogP contribution >= 0.6 is 0 Å². The lowest BCUT2D eigenvalue weighted by molar-refractivity contribution is 0.0941. The zero-order valence-corrected chi connectivity index (χ0v) is 15.9. The minimum Gasteiger partial charge on any atom is -0.338 e. The molecule has 2 aromatic carbocycles. The number of hydrogen-bond acceptors (Lipinski definition) is 3. The van der Waals surface area contributed by atoms with Gasteiger partial charge in [0.1, 0.15) is 17.7 Å². The Morgan fingerprint density at radius 1 is 1.10 bits per heavy atom. The highest BCUT2D eigenvalue weighted by Gasteiger charge is 2.22. The fraction of sp³-hybridized carbons (Fsp3) is 0.136. The van der Waals surface area contributed by atoms with Crippen LogP contribution in [-0.2, 0) is 13.6 Å². The van der Waals surface area contributed by atoms with Crippen LogP contribution in [0.2, 0.25) is 0 Å². The molecule has 2 aromatic heterocycles. The molecule has 6 nitrogen and oxygen atoms in total. The van der Waals surface area contributed by atoms with Crippen LogP contribution in [0.15, 0.2) is 79.4 Å². The summed E-state index contributed by atoms with van der Waals surface area (Å²) < 4.78 is 17.4. The van der Waals surface area contributed by atoms with Gasteiger partial charge in [0.25, 0.3) is 5.91 Å². The van der Waals surface area contributed by atoms with Crippen molar-refractivity contribution >= 4 is 5.91 Å². The molecule has 4 aromatic rings. The number of aryl methyl sites for hydroxylation is 1. The van der Waals surface area contributed by atoms with Gasteiger partial charge in [0, 0.05) is 37.4 Å². The number of hydrogen-bond donors (Lipinski definition) is 1. The van der Waals surface area contributed by atoms with Crippen LogP contribution < -0.4 is 5.32 Å². The Morgan fingerprint density at radius 3 is 2.59 bits per heavy atom. The van der Waals surface area contributed by atoms with Gasteiger partial charge in [-0.25, -0.2) is 9.37 Å². The molecule has 0 bridgehead atoms. The zero-order chi connectivity index (χ0) is 20.2. The largest absolute Gasteiger partial charge is 0.338 e. The summed E-state index contributed by atoms with van der Waals surface area (Å²) >= 11 is 0. The Hall–Kier alpha value is -3.74. The molecule has 7 heteroatoms. The van der Waals surface area contributed by atoms with Crippen molar-refractivity contribution in [3.63, 3.8) is 0 Å². The van der Waals surface area contributed by atoms with E-state index in [-0.39, 0.29) is 11.7 Å². The van der Waals surface area contributed by atoms with E-state index in [1.165, 1.54) is 12.1 Å². The van der Waals surface area contributed by atoms with Crippen molar-refractivity contribution in [2.24, 2.45) is 7.05 Å². The Labute approximate surface area is 167 Å². The summed E-state index contributed by atoms with van der Waals surface area (Å²) in [6.45, 7) is 0.633. The second-order valence-electron chi connectivity index (χ2n) is 6.76. The molecule has 1 N–H and O–H groups in total. The van der Waals surface area contributed by atoms with E-state index in [4.69, 9.17) is 0 Å². The van der Waals surface area contributed by atoms with Gasteiger partial charge in [-0.3, -0.25) is 9.48 Å². The average molecular weight is 389 g/mol. The maximum atomic E-state index is 13.8. The van der Waals surface area contributed by atoms with Crippen molar-refractivity contribution in [2.45, 2.75) is 12.6 Å². The van der Waals surface area contributed by atoms with E-state index in [1.807, 2.05) is 40.7 Å². The van der Waals surface area contributed by atoms with E-state index < -0.39 is 6.04 Å². The summed E-state index contributed by atoms with van der Waals surface area (Å²) in [6.07, 6.45) is 7.05. The number of halogens is 1. The molecular formula is C22H20FN5O. The van der Waals surface area contributed by atoms with Crippen LogP contribution in [0.3, 0.4) is 0 Å². The number of benzene rings is 2. The summed E-state index contributed by atoms with van der Waals surface area (Å²) in [6, 6.07) is 14.8. The van der Waals surface area contributed by atoms with Gasteiger partial charge in [-0.1, -0.05) is 24.3 Å². The summed E-state index contributed by atoms with van der Waals surface area (Å²) in [4.78, 5) is 17.2. The van der Waals surface area contributed by atoms with Crippen LogP contribution in [0.1, 0.15) is 33.4 Å². The number of carbonyl (C=O) groups is 1. The molecule has 0 aliphatic rings. The molecule has 0 fully saturated rings. The second kappa shape index (κ2) is 8.10. The maximum absolute atomic E-state index is 13.8. The Kier molecular flexibility index (Phi) is 5.20. The molecule has 0 spiro atoms. The van der Waals surface area contributed by atoms with E-state index in [0.29, 0.717) is 23.5 Å². The lowest BCUT2D eigenvalue weighted by Gasteiger charge is -2.19. The Balaban J connectivity index is 1.56. The second-order valence-corrected chi connectivity index (χ2v) is 6.76. The number of rotatable bonds is 6. The molecule has 1 atom stereocenters. The van der Waals surface area contributed by atoms with Crippen LogP contribution in [0.5, 0.6) is 0 Å². The van der Waals surface area contributed by atoms with E-state index in [9.17, 15) is 9.18 Å². The van der Waals surface area contributed by atoms with Gasteiger partial charge >= 0.3 is 0 Å². The average Bonchev–Trinajstić information content (AvgIpc) is 3.38. The van der Waals surface area contributed by atoms with Gasteiger partial charge in [-0.05, 0) is 41.5 Å². The van der Waals surface area contributed by atoms with Gasteiger partial charge < -0.3 is 9.88 Å². The summed E-state index contributed by atoms with van der Waals surface area (Å²) in [5, 5.41) is 7.16. The molecule has 1 amide bonds. The molecule has 1 unspecified atom stereocenters. The first kappa shape index (κ1) is 18.6. The fourth-order valence-corrected chi connectivity index (χ4v) is 3.20. The summed E-state index contributed by atoms with van der Waals surface area (Å²) in [7, 11) is 1.84. The van der Waals surface area contributed by atoms with Gasteiger partial charge in [0.05, 0.1) is 6.54 Å². The van der Waals surface area contributed by atoms with Crippen molar-refractivity contribution in [2.75, 3.05) is 0 Å². The number of aromatic nitrogens is 4.